The molecule has 0 atom stereocenters. The first-order valence-electron chi connectivity index (χ1n) is 3.90. The molecule has 1 rings (SSSR count). The minimum atomic E-state index is -1.41. The Kier molecular flexibility index (Phi) is 3.56. The van der Waals surface area contributed by atoms with Crippen LogP contribution in [-0.4, -0.2) is 25.0 Å². The van der Waals surface area contributed by atoms with E-state index in [1.54, 1.807) is 0 Å². The van der Waals surface area contributed by atoms with Crippen molar-refractivity contribution in [2.24, 2.45) is 0 Å². The van der Waals surface area contributed by atoms with Gasteiger partial charge in [-0.1, -0.05) is 0 Å². The fourth-order valence-electron chi connectivity index (χ4n) is 0.939. The summed E-state index contributed by atoms with van der Waals surface area (Å²) < 4.78 is 35.3. The van der Waals surface area contributed by atoms with Crippen molar-refractivity contribution in [3.05, 3.63) is 29.3 Å². The Morgan fingerprint density at radius 1 is 1.40 bits per heavy atom. The van der Waals surface area contributed by atoms with Crippen LogP contribution in [0.3, 0.4) is 0 Å². The average Bonchev–Trinajstić information content (AvgIpc) is 2.16. The van der Waals surface area contributed by atoms with Gasteiger partial charge >= 0.3 is 5.97 Å². The molecule has 0 bridgehead atoms. The molecule has 82 valence electrons. The van der Waals surface area contributed by atoms with Crippen LogP contribution in [0.1, 0.15) is 10.4 Å². The summed E-state index contributed by atoms with van der Waals surface area (Å²) in [5.41, 5.74) is -0.477. The molecule has 0 saturated heterocycles. The van der Waals surface area contributed by atoms with Gasteiger partial charge in [0.05, 0.1) is 5.56 Å². The van der Waals surface area contributed by atoms with E-state index in [1.165, 1.54) is 7.11 Å². The van der Waals surface area contributed by atoms with Gasteiger partial charge in [0.15, 0.2) is 24.2 Å². The van der Waals surface area contributed by atoms with Gasteiger partial charge in [-0.25, -0.2) is 13.6 Å². The number of rotatable bonds is 4. The van der Waals surface area contributed by atoms with Gasteiger partial charge in [-0.05, 0) is 12.1 Å². The summed E-state index contributed by atoms with van der Waals surface area (Å²) in [5, 5.41) is 8.50. The first-order chi connectivity index (χ1) is 7.06. The Labute approximate surface area is 84.0 Å². The van der Waals surface area contributed by atoms with Crippen LogP contribution in [0.4, 0.5) is 8.78 Å². The van der Waals surface area contributed by atoms with Crippen molar-refractivity contribution >= 4 is 5.97 Å². The van der Waals surface area contributed by atoms with E-state index in [1.807, 2.05) is 0 Å². The lowest BCUT2D eigenvalue weighted by Gasteiger charge is -2.07. The number of carboxylic acid groups (broad SMARTS) is 1. The van der Waals surface area contributed by atoms with E-state index < -0.39 is 28.9 Å². The van der Waals surface area contributed by atoms with Gasteiger partial charge < -0.3 is 14.6 Å². The van der Waals surface area contributed by atoms with Gasteiger partial charge in [0.2, 0.25) is 0 Å². The van der Waals surface area contributed by atoms with E-state index in [0.717, 1.165) is 0 Å². The SMILES string of the molecule is COCOc1c(F)cc(C(=O)O)cc1F. The molecule has 6 heteroatoms. The molecule has 0 amide bonds. The first kappa shape index (κ1) is 11.4. The summed E-state index contributed by atoms with van der Waals surface area (Å²) in [6.07, 6.45) is 0. The summed E-state index contributed by atoms with van der Waals surface area (Å²) in [5.74, 6) is -4.22. The van der Waals surface area contributed by atoms with Crippen molar-refractivity contribution in [3.8, 4) is 5.75 Å². The fraction of sp³-hybridized carbons (Fsp3) is 0.222. The number of hydrogen-bond donors (Lipinski definition) is 1. The Hall–Kier alpha value is -1.69. The molecule has 0 aliphatic rings. The van der Waals surface area contributed by atoms with E-state index in [9.17, 15) is 13.6 Å². The molecule has 15 heavy (non-hydrogen) atoms. The summed E-state index contributed by atoms with van der Waals surface area (Å²) >= 11 is 0. The maximum Gasteiger partial charge on any atom is 0.335 e. The number of aromatic carboxylic acids is 1. The molecule has 0 aliphatic carbocycles. The van der Waals surface area contributed by atoms with E-state index >= 15 is 0 Å². The molecule has 0 saturated carbocycles. The first-order valence-corrected chi connectivity index (χ1v) is 3.90. The van der Waals surface area contributed by atoms with Crippen LogP contribution >= 0.6 is 0 Å². The van der Waals surface area contributed by atoms with Crippen LogP contribution < -0.4 is 4.74 Å². The topological polar surface area (TPSA) is 55.8 Å². The van der Waals surface area contributed by atoms with Crippen molar-refractivity contribution in [2.45, 2.75) is 0 Å². The van der Waals surface area contributed by atoms with E-state index in [2.05, 4.69) is 9.47 Å². The Morgan fingerprint density at radius 3 is 2.33 bits per heavy atom. The Balaban J connectivity index is 3.04. The number of hydrogen-bond acceptors (Lipinski definition) is 3. The third kappa shape index (κ3) is 2.63. The molecule has 0 radical (unpaired) electrons. The molecule has 1 N–H and O–H groups in total. The largest absolute Gasteiger partial charge is 0.478 e. The van der Waals surface area contributed by atoms with Crippen LogP contribution in [-0.2, 0) is 4.74 Å². The quantitative estimate of drug-likeness (QED) is 0.780. The lowest BCUT2D eigenvalue weighted by atomic mass is 10.2. The monoisotopic (exact) mass is 218 g/mol. The standard InChI is InChI=1S/C9H8F2O4/c1-14-4-15-8-6(10)2-5(9(12)13)3-7(8)11/h2-3H,4H2,1H3,(H,12,13). The summed E-state index contributed by atoms with van der Waals surface area (Å²) in [6, 6.07) is 1.35. The van der Waals surface area contributed by atoms with Gasteiger partial charge in [-0.3, -0.25) is 0 Å². The molecule has 0 aromatic heterocycles. The van der Waals surface area contributed by atoms with E-state index in [4.69, 9.17) is 5.11 Å². The molecular weight excluding hydrogens is 210 g/mol. The van der Waals surface area contributed by atoms with Crippen molar-refractivity contribution in [1.82, 2.24) is 0 Å². The smallest absolute Gasteiger partial charge is 0.335 e. The average molecular weight is 218 g/mol. The van der Waals surface area contributed by atoms with Gasteiger partial charge in [-0.15, -0.1) is 0 Å². The molecule has 0 aliphatic heterocycles. The van der Waals surface area contributed by atoms with Gasteiger partial charge in [0.1, 0.15) is 0 Å². The van der Waals surface area contributed by atoms with Crippen molar-refractivity contribution in [2.75, 3.05) is 13.9 Å². The minimum absolute atomic E-state index is 0.319. The second kappa shape index (κ2) is 4.70. The fourth-order valence-corrected chi connectivity index (χ4v) is 0.939. The highest BCUT2D eigenvalue weighted by atomic mass is 19.1. The van der Waals surface area contributed by atoms with Crippen LogP contribution in [0, 0.1) is 11.6 Å². The molecule has 1 aromatic rings. The van der Waals surface area contributed by atoms with Crippen molar-refractivity contribution < 1.29 is 28.2 Å². The Morgan fingerprint density at radius 2 is 1.93 bits per heavy atom. The Bertz CT molecular complexity index is 355. The number of halogens is 2. The van der Waals surface area contributed by atoms with Crippen molar-refractivity contribution in [1.29, 1.82) is 0 Å². The predicted molar refractivity (Wildman–Crippen MR) is 45.8 cm³/mol. The van der Waals surface area contributed by atoms with E-state index in [-0.39, 0.29) is 6.79 Å². The zero-order valence-corrected chi connectivity index (χ0v) is 7.79. The maximum atomic E-state index is 13.1. The van der Waals surface area contributed by atoms with E-state index in [0.29, 0.717) is 12.1 Å². The second-order valence-corrected chi connectivity index (χ2v) is 2.63. The number of carbonyl (C=O) groups is 1. The number of methoxy groups -OCH3 is 1. The van der Waals surface area contributed by atoms with Crippen LogP contribution in [0.15, 0.2) is 12.1 Å². The molecule has 0 unspecified atom stereocenters. The molecule has 0 fully saturated rings. The van der Waals surface area contributed by atoms with Gasteiger partial charge in [-0.2, -0.15) is 0 Å². The number of benzene rings is 1. The van der Waals surface area contributed by atoms with Gasteiger partial charge in [0.25, 0.3) is 0 Å². The summed E-state index contributed by atoms with van der Waals surface area (Å²) in [7, 11) is 1.29. The number of carboxylic acids is 1. The highest BCUT2D eigenvalue weighted by molar-refractivity contribution is 5.87. The third-order valence-corrected chi connectivity index (χ3v) is 1.57. The second-order valence-electron chi connectivity index (χ2n) is 2.63. The predicted octanol–water partition coefficient (Wildman–Crippen LogP) is 1.65. The molecule has 4 nitrogen and oxygen atoms in total. The van der Waals surface area contributed by atoms with Gasteiger partial charge in [0, 0.05) is 7.11 Å². The molecule has 0 spiro atoms. The summed E-state index contributed by atoms with van der Waals surface area (Å²) in [4.78, 5) is 10.4. The molecular formula is C9H8F2O4. The summed E-state index contributed by atoms with van der Waals surface area (Å²) in [6.45, 7) is -0.319. The minimum Gasteiger partial charge on any atom is -0.478 e. The maximum absolute atomic E-state index is 13.1. The normalized spacial score (nSPS) is 10.1. The lowest BCUT2D eigenvalue weighted by molar-refractivity contribution is 0.0451. The molecule has 0 heterocycles. The molecule has 1 aromatic carbocycles. The van der Waals surface area contributed by atoms with Crippen LogP contribution in [0.2, 0.25) is 0 Å². The van der Waals surface area contributed by atoms with Crippen LogP contribution in [0.5, 0.6) is 5.75 Å². The van der Waals surface area contributed by atoms with Crippen LogP contribution in [0.25, 0.3) is 0 Å². The number of ether oxygens (including phenoxy) is 2. The zero-order valence-electron chi connectivity index (χ0n) is 7.79. The van der Waals surface area contributed by atoms with Crippen molar-refractivity contribution in [3.63, 3.8) is 0 Å². The lowest BCUT2D eigenvalue weighted by Crippen LogP contribution is -2.05. The third-order valence-electron chi connectivity index (χ3n) is 1.57. The highest BCUT2D eigenvalue weighted by Gasteiger charge is 2.15. The highest BCUT2D eigenvalue weighted by Crippen LogP contribution is 2.23. The zero-order chi connectivity index (χ0) is 11.4.